The van der Waals surface area contributed by atoms with Crippen molar-refractivity contribution in [3.05, 3.63) is 23.4 Å². The van der Waals surface area contributed by atoms with Gasteiger partial charge in [-0.05, 0) is 44.7 Å². The molecule has 3 heterocycles. The lowest BCUT2D eigenvalue weighted by molar-refractivity contribution is -0.00774. The van der Waals surface area contributed by atoms with Gasteiger partial charge in [0.2, 0.25) is 11.7 Å². The maximum absolute atomic E-state index is 10.2. The zero-order chi connectivity index (χ0) is 14.2. The predicted octanol–water partition coefficient (Wildman–Crippen LogP) is 2.53. The molecule has 0 aromatic carbocycles. The minimum atomic E-state index is -0.701. The number of aliphatic hydroxyl groups is 1. The number of thiophene rings is 1. The van der Waals surface area contributed by atoms with Gasteiger partial charge in [-0.25, -0.2) is 0 Å². The van der Waals surface area contributed by atoms with E-state index < -0.39 is 5.60 Å². The van der Waals surface area contributed by atoms with Gasteiger partial charge in [0, 0.05) is 6.04 Å². The number of likely N-dealkylation sites (tertiary alicyclic amines) is 1. The van der Waals surface area contributed by atoms with Crippen molar-refractivity contribution >= 4 is 11.3 Å². The Labute approximate surface area is 122 Å². The van der Waals surface area contributed by atoms with Crippen LogP contribution in [0.5, 0.6) is 0 Å². The lowest BCUT2D eigenvalue weighted by Crippen LogP contribution is -2.45. The van der Waals surface area contributed by atoms with Crippen molar-refractivity contribution < 1.29 is 9.63 Å². The maximum Gasteiger partial charge on any atom is 0.241 e. The van der Waals surface area contributed by atoms with Gasteiger partial charge < -0.3 is 9.63 Å². The first-order chi connectivity index (χ1) is 9.54. The summed E-state index contributed by atoms with van der Waals surface area (Å²) in [7, 11) is 0. The van der Waals surface area contributed by atoms with E-state index in [-0.39, 0.29) is 6.04 Å². The van der Waals surface area contributed by atoms with E-state index in [1.165, 1.54) is 0 Å². The Morgan fingerprint density at radius 1 is 1.55 bits per heavy atom. The van der Waals surface area contributed by atoms with E-state index in [9.17, 15) is 5.11 Å². The summed E-state index contributed by atoms with van der Waals surface area (Å²) in [5.74, 6) is 1.26. The molecular weight excluding hydrogens is 274 g/mol. The van der Waals surface area contributed by atoms with Gasteiger partial charge in [0.25, 0.3) is 0 Å². The van der Waals surface area contributed by atoms with Crippen molar-refractivity contribution in [1.29, 1.82) is 0 Å². The predicted molar refractivity (Wildman–Crippen MR) is 77.3 cm³/mol. The topological polar surface area (TPSA) is 62.4 Å². The van der Waals surface area contributed by atoms with E-state index in [4.69, 9.17) is 4.52 Å². The van der Waals surface area contributed by atoms with Crippen LogP contribution >= 0.6 is 11.3 Å². The second kappa shape index (κ2) is 5.27. The van der Waals surface area contributed by atoms with Crippen LogP contribution < -0.4 is 0 Å². The molecule has 1 N–H and O–H groups in total. The molecule has 1 aliphatic rings. The molecule has 0 aliphatic carbocycles. The van der Waals surface area contributed by atoms with E-state index in [1.54, 1.807) is 11.3 Å². The normalized spacial score (nSPS) is 20.6. The van der Waals surface area contributed by atoms with Gasteiger partial charge in [0.1, 0.15) is 0 Å². The summed E-state index contributed by atoms with van der Waals surface area (Å²) in [6.45, 7) is 5.29. The van der Waals surface area contributed by atoms with Crippen LogP contribution in [0.15, 0.2) is 22.0 Å². The van der Waals surface area contributed by atoms with Crippen molar-refractivity contribution in [3.8, 4) is 10.7 Å². The molecule has 1 fully saturated rings. The molecule has 5 nitrogen and oxygen atoms in total. The number of aromatic nitrogens is 2. The standard InChI is InChI=1S/C14H19N3O2S/c1-14(2,18)11-6-3-7-17(11)9-12-15-13(16-19-12)10-5-4-8-20-10/h4-5,8,11,18H,3,6-7,9H2,1-2H3. The molecule has 0 radical (unpaired) electrons. The smallest absolute Gasteiger partial charge is 0.241 e. The summed E-state index contributed by atoms with van der Waals surface area (Å²) in [6, 6.07) is 4.11. The molecule has 20 heavy (non-hydrogen) atoms. The Bertz CT molecular complexity index is 559. The van der Waals surface area contributed by atoms with Gasteiger partial charge in [0.15, 0.2) is 0 Å². The van der Waals surface area contributed by atoms with Crippen LogP contribution in [0.2, 0.25) is 0 Å². The Morgan fingerprint density at radius 2 is 2.40 bits per heavy atom. The third-order valence-electron chi connectivity index (χ3n) is 3.73. The highest BCUT2D eigenvalue weighted by molar-refractivity contribution is 7.13. The number of hydrogen-bond donors (Lipinski definition) is 1. The average molecular weight is 293 g/mol. The SMILES string of the molecule is CC(C)(O)C1CCCN1Cc1nc(-c2cccs2)no1. The molecule has 0 amide bonds. The molecule has 1 atom stereocenters. The van der Waals surface area contributed by atoms with Crippen LogP contribution in [0.25, 0.3) is 10.7 Å². The zero-order valence-electron chi connectivity index (χ0n) is 11.7. The molecule has 2 aromatic rings. The first-order valence-electron chi connectivity index (χ1n) is 6.87. The first-order valence-corrected chi connectivity index (χ1v) is 7.75. The lowest BCUT2D eigenvalue weighted by Gasteiger charge is -2.32. The molecule has 1 saturated heterocycles. The van der Waals surface area contributed by atoms with Crippen molar-refractivity contribution in [1.82, 2.24) is 15.0 Å². The molecule has 1 aliphatic heterocycles. The van der Waals surface area contributed by atoms with Crippen molar-refractivity contribution in [2.24, 2.45) is 0 Å². The van der Waals surface area contributed by atoms with Crippen molar-refractivity contribution in [3.63, 3.8) is 0 Å². The molecule has 0 bridgehead atoms. The van der Waals surface area contributed by atoms with Crippen molar-refractivity contribution in [2.45, 2.75) is 44.9 Å². The fourth-order valence-corrected chi connectivity index (χ4v) is 3.46. The first kappa shape index (κ1) is 13.7. The van der Waals surface area contributed by atoms with Crippen LogP contribution in [0.3, 0.4) is 0 Å². The number of nitrogens with zero attached hydrogens (tertiary/aromatic N) is 3. The summed E-state index contributed by atoms with van der Waals surface area (Å²) in [4.78, 5) is 7.68. The second-order valence-electron chi connectivity index (χ2n) is 5.77. The van der Waals surface area contributed by atoms with Crippen LogP contribution in [0.4, 0.5) is 0 Å². The number of hydrogen-bond acceptors (Lipinski definition) is 6. The third kappa shape index (κ3) is 2.77. The molecule has 6 heteroatoms. The summed E-state index contributed by atoms with van der Waals surface area (Å²) in [5.41, 5.74) is -0.701. The zero-order valence-corrected chi connectivity index (χ0v) is 12.6. The minimum absolute atomic E-state index is 0.152. The minimum Gasteiger partial charge on any atom is -0.389 e. The fourth-order valence-electron chi connectivity index (χ4n) is 2.81. The monoisotopic (exact) mass is 293 g/mol. The summed E-state index contributed by atoms with van der Waals surface area (Å²) < 4.78 is 5.33. The van der Waals surface area contributed by atoms with E-state index in [1.807, 2.05) is 31.4 Å². The fraction of sp³-hybridized carbons (Fsp3) is 0.571. The quantitative estimate of drug-likeness (QED) is 0.938. The molecule has 3 rings (SSSR count). The average Bonchev–Trinajstić information content (AvgIpc) is 3.08. The Kier molecular flexibility index (Phi) is 3.62. The van der Waals surface area contributed by atoms with Gasteiger partial charge in [-0.1, -0.05) is 11.2 Å². The molecule has 0 saturated carbocycles. The summed E-state index contributed by atoms with van der Waals surface area (Å²) in [6.07, 6.45) is 2.11. The largest absolute Gasteiger partial charge is 0.389 e. The third-order valence-corrected chi connectivity index (χ3v) is 4.59. The summed E-state index contributed by atoms with van der Waals surface area (Å²) >= 11 is 1.60. The Morgan fingerprint density at radius 3 is 3.10 bits per heavy atom. The van der Waals surface area contributed by atoms with Crippen LogP contribution in [-0.2, 0) is 6.54 Å². The van der Waals surface area contributed by atoms with E-state index in [0.29, 0.717) is 18.3 Å². The highest BCUT2D eigenvalue weighted by Gasteiger charge is 2.36. The molecular formula is C14H19N3O2S. The Balaban J connectivity index is 1.72. The highest BCUT2D eigenvalue weighted by atomic mass is 32.1. The van der Waals surface area contributed by atoms with Crippen molar-refractivity contribution in [2.75, 3.05) is 6.54 Å². The van der Waals surface area contributed by atoms with Gasteiger partial charge in [0.05, 0.1) is 17.0 Å². The van der Waals surface area contributed by atoms with E-state index in [0.717, 1.165) is 24.3 Å². The van der Waals surface area contributed by atoms with Gasteiger partial charge in [-0.15, -0.1) is 11.3 Å². The van der Waals surface area contributed by atoms with Crippen LogP contribution in [0.1, 0.15) is 32.6 Å². The molecule has 2 aromatic heterocycles. The van der Waals surface area contributed by atoms with Gasteiger partial charge in [-0.3, -0.25) is 4.90 Å². The van der Waals surface area contributed by atoms with Gasteiger partial charge >= 0.3 is 0 Å². The van der Waals surface area contributed by atoms with Crippen LogP contribution in [-0.4, -0.2) is 38.3 Å². The lowest BCUT2D eigenvalue weighted by atomic mass is 9.97. The molecule has 1 unspecified atom stereocenters. The second-order valence-corrected chi connectivity index (χ2v) is 6.72. The van der Waals surface area contributed by atoms with Gasteiger partial charge in [-0.2, -0.15) is 4.98 Å². The maximum atomic E-state index is 10.2. The van der Waals surface area contributed by atoms with E-state index in [2.05, 4.69) is 15.0 Å². The Hall–Kier alpha value is -1.24. The summed E-state index contributed by atoms with van der Waals surface area (Å²) in [5, 5.41) is 16.2. The molecule has 108 valence electrons. The van der Waals surface area contributed by atoms with Crippen LogP contribution in [0, 0.1) is 0 Å². The number of rotatable bonds is 4. The molecule has 0 spiro atoms. The van der Waals surface area contributed by atoms with E-state index >= 15 is 0 Å². The highest BCUT2D eigenvalue weighted by Crippen LogP contribution is 2.28.